The van der Waals surface area contributed by atoms with Crippen molar-refractivity contribution in [1.29, 1.82) is 0 Å². The second-order valence-corrected chi connectivity index (χ2v) is 8.32. The molecule has 0 unspecified atom stereocenters. The Kier molecular flexibility index (Phi) is 6.60. The van der Waals surface area contributed by atoms with Crippen molar-refractivity contribution in [2.75, 3.05) is 13.2 Å². The predicted molar refractivity (Wildman–Crippen MR) is 104 cm³/mol. The number of carbonyl (C=O) groups is 2. The molecule has 2 aromatic rings. The molecule has 0 aromatic heterocycles. The molecule has 13 heteroatoms. The topological polar surface area (TPSA) is 123 Å². The molecular weight excluding hydrogens is 455 g/mol. The van der Waals surface area contributed by atoms with Gasteiger partial charge in [0, 0.05) is 5.56 Å². The number of rotatable bonds is 5. The molecule has 0 fully saturated rings. The zero-order valence-electron chi connectivity index (χ0n) is 16.5. The highest BCUT2D eigenvalue weighted by Crippen LogP contribution is 2.34. The summed E-state index contributed by atoms with van der Waals surface area (Å²) in [5.41, 5.74) is 2.88. The van der Waals surface area contributed by atoms with Crippen LogP contribution in [0.3, 0.4) is 0 Å². The van der Waals surface area contributed by atoms with Crippen molar-refractivity contribution in [2.24, 2.45) is 0 Å². The number of hydrogen-bond acceptors (Lipinski definition) is 6. The van der Waals surface area contributed by atoms with Crippen LogP contribution < -0.4 is 25.0 Å². The molecule has 3 rings (SSSR count). The van der Waals surface area contributed by atoms with Gasteiger partial charge < -0.3 is 9.47 Å². The Labute approximate surface area is 180 Å². The van der Waals surface area contributed by atoms with Crippen LogP contribution in [0.25, 0.3) is 0 Å². The van der Waals surface area contributed by atoms with Gasteiger partial charge in [-0.05, 0) is 37.3 Å². The van der Waals surface area contributed by atoms with Crippen LogP contribution >= 0.6 is 0 Å². The molecule has 3 N–H and O–H groups in total. The minimum absolute atomic E-state index is 0.127. The van der Waals surface area contributed by atoms with E-state index in [1.54, 1.807) is 0 Å². The molecule has 0 aliphatic carbocycles. The Morgan fingerprint density at radius 2 is 1.66 bits per heavy atom. The first-order valence-corrected chi connectivity index (χ1v) is 10.7. The van der Waals surface area contributed by atoms with Crippen molar-refractivity contribution in [1.82, 2.24) is 15.6 Å². The largest absolute Gasteiger partial charge is 0.486 e. The SMILES string of the molecule is C[C@H](NS(=O)(=O)c1ccccc1C(F)(F)F)C(=O)NNC(=O)c1ccc2c(c1)OCCO2. The molecule has 1 aliphatic rings. The monoisotopic (exact) mass is 473 g/mol. The fourth-order valence-corrected chi connectivity index (χ4v) is 4.20. The number of ether oxygens (including phenoxy) is 2. The minimum atomic E-state index is -4.91. The normalized spacial score (nSPS) is 14.4. The third-order valence-electron chi connectivity index (χ3n) is 4.31. The summed E-state index contributed by atoms with van der Waals surface area (Å²) in [7, 11) is -4.69. The number of carbonyl (C=O) groups excluding carboxylic acids is 2. The van der Waals surface area contributed by atoms with Crippen LogP contribution in [0.2, 0.25) is 0 Å². The first-order chi connectivity index (χ1) is 15.0. The fourth-order valence-electron chi connectivity index (χ4n) is 2.77. The molecule has 0 bridgehead atoms. The van der Waals surface area contributed by atoms with Gasteiger partial charge in [-0.25, -0.2) is 8.42 Å². The molecular formula is C19H18F3N3O6S. The smallest absolute Gasteiger partial charge is 0.417 e. The lowest BCUT2D eigenvalue weighted by molar-refractivity contribution is -0.139. The molecule has 1 aliphatic heterocycles. The summed E-state index contributed by atoms with van der Waals surface area (Å²) in [5, 5.41) is 0. The van der Waals surface area contributed by atoms with E-state index >= 15 is 0 Å². The van der Waals surface area contributed by atoms with Gasteiger partial charge in [0.2, 0.25) is 10.0 Å². The van der Waals surface area contributed by atoms with Crippen molar-refractivity contribution in [3.8, 4) is 11.5 Å². The van der Waals surface area contributed by atoms with Crippen LogP contribution in [0.15, 0.2) is 47.4 Å². The summed E-state index contributed by atoms with van der Waals surface area (Å²) < 4.78 is 76.7. The van der Waals surface area contributed by atoms with E-state index in [2.05, 4.69) is 5.43 Å². The quantitative estimate of drug-likeness (QED) is 0.567. The highest BCUT2D eigenvalue weighted by Gasteiger charge is 2.37. The molecule has 0 saturated heterocycles. The summed E-state index contributed by atoms with van der Waals surface area (Å²) in [6, 6.07) is 6.41. The molecule has 1 atom stereocenters. The molecule has 32 heavy (non-hydrogen) atoms. The second kappa shape index (κ2) is 9.04. The second-order valence-electron chi connectivity index (χ2n) is 6.64. The van der Waals surface area contributed by atoms with Gasteiger partial charge in [0.15, 0.2) is 11.5 Å². The number of nitrogens with one attached hydrogen (secondary N) is 3. The van der Waals surface area contributed by atoms with E-state index in [-0.39, 0.29) is 5.56 Å². The molecule has 9 nitrogen and oxygen atoms in total. The van der Waals surface area contributed by atoms with Crippen molar-refractivity contribution in [3.63, 3.8) is 0 Å². The third kappa shape index (κ3) is 5.29. The van der Waals surface area contributed by atoms with Crippen molar-refractivity contribution in [2.45, 2.75) is 24.0 Å². The number of amides is 2. The van der Waals surface area contributed by atoms with Gasteiger partial charge in [0.1, 0.15) is 13.2 Å². The molecule has 0 saturated carbocycles. The lowest BCUT2D eigenvalue weighted by atomic mass is 10.2. The molecule has 1 heterocycles. The maximum Gasteiger partial charge on any atom is 0.417 e. The summed E-state index contributed by atoms with van der Waals surface area (Å²) in [5.74, 6) is -0.921. The fraction of sp³-hybridized carbons (Fsp3) is 0.263. The van der Waals surface area contributed by atoms with Crippen LogP contribution in [0.5, 0.6) is 11.5 Å². The highest BCUT2D eigenvalue weighted by atomic mass is 32.2. The molecule has 2 amide bonds. The Morgan fingerprint density at radius 1 is 1.00 bits per heavy atom. The number of halogens is 3. The Morgan fingerprint density at radius 3 is 2.34 bits per heavy atom. The standard InChI is InChI=1S/C19H18F3N3O6S/c1-11(25-32(28,29)16-5-3-2-4-13(16)19(20,21)22)17(26)23-24-18(27)12-6-7-14-15(10-12)31-9-8-30-14/h2-7,10-11,25H,8-9H2,1H3,(H,23,26)(H,24,27)/t11-/m0/s1. The maximum absolute atomic E-state index is 13.1. The average Bonchev–Trinajstić information content (AvgIpc) is 2.76. The Balaban J connectivity index is 1.63. The number of benzene rings is 2. The van der Waals surface area contributed by atoms with Crippen molar-refractivity contribution >= 4 is 21.8 Å². The van der Waals surface area contributed by atoms with Crippen LogP contribution in [-0.4, -0.2) is 39.5 Å². The predicted octanol–water partition coefficient (Wildman–Crippen LogP) is 1.60. The maximum atomic E-state index is 13.1. The van der Waals surface area contributed by atoms with E-state index < -0.39 is 44.5 Å². The van der Waals surface area contributed by atoms with E-state index in [0.29, 0.717) is 30.8 Å². The van der Waals surface area contributed by atoms with Crippen LogP contribution in [-0.2, 0) is 21.0 Å². The van der Waals surface area contributed by atoms with E-state index in [0.717, 1.165) is 25.1 Å². The minimum Gasteiger partial charge on any atom is -0.486 e. The average molecular weight is 473 g/mol. The van der Waals surface area contributed by atoms with Crippen molar-refractivity contribution in [3.05, 3.63) is 53.6 Å². The summed E-state index contributed by atoms with van der Waals surface area (Å²) >= 11 is 0. The molecule has 0 radical (unpaired) electrons. The van der Waals surface area contributed by atoms with E-state index in [1.807, 2.05) is 10.1 Å². The van der Waals surface area contributed by atoms with Crippen LogP contribution in [0.4, 0.5) is 13.2 Å². The first-order valence-electron chi connectivity index (χ1n) is 9.17. The van der Waals surface area contributed by atoms with E-state index in [9.17, 15) is 31.2 Å². The first kappa shape index (κ1) is 23.3. The van der Waals surface area contributed by atoms with E-state index in [4.69, 9.17) is 9.47 Å². The summed E-state index contributed by atoms with van der Waals surface area (Å²) in [6.07, 6.45) is -4.91. The molecule has 172 valence electrons. The van der Waals surface area contributed by atoms with Gasteiger partial charge in [-0.2, -0.15) is 17.9 Å². The van der Waals surface area contributed by atoms with Crippen molar-refractivity contribution < 1.29 is 40.7 Å². The lowest BCUT2D eigenvalue weighted by Crippen LogP contribution is -2.51. The summed E-state index contributed by atoms with van der Waals surface area (Å²) in [6.45, 7) is 1.79. The zero-order valence-corrected chi connectivity index (χ0v) is 17.3. The van der Waals surface area contributed by atoms with Crippen LogP contribution in [0, 0.1) is 0 Å². The number of alkyl halides is 3. The third-order valence-corrected chi connectivity index (χ3v) is 5.91. The zero-order chi connectivity index (χ0) is 23.5. The lowest BCUT2D eigenvalue weighted by Gasteiger charge is -2.19. The Bertz CT molecular complexity index is 1140. The molecule has 0 spiro atoms. The van der Waals surface area contributed by atoms with Gasteiger partial charge in [-0.3, -0.25) is 20.4 Å². The van der Waals surface area contributed by atoms with Gasteiger partial charge in [0.25, 0.3) is 11.8 Å². The van der Waals surface area contributed by atoms with Gasteiger partial charge in [-0.1, -0.05) is 12.1 Å². The summed E-state index contributed by atoms with van der Waals surface area (Å²) in [4.78, 5) is 23.4. The van der Waals surface area contributed by atoms with Crippen LogP contribution in [0.1, 0.15) is 22.8 Å². The number of fused-ring (bicyclic) bond motifs is 1. The number of hydrazine groups is 1. The van der Waals surface area contributed by atoms with Gasteiger partial charge in [-0.15, -0.1) is 0 Å². The van der Waals surface area contributed by atoms with E-state index in [1.165, 1.54) is 18.2 Å². The Hall–Kier alpha value is -3.32. The number of hydrogen-bond donors (Lipinski definition) is 3. The highest BCUT2D eigenvalue weighted by molar-refractivity contribution is 7.89. The van der Waals surface area contributed by atoms with Gasteiger partial charge >= 0.3 is 6.18 Å². The number of sulfonamides is 1. The van der Waals surface area contributed by atoms with Gasteiger partial charge in [0.05, 0.1) is 16.5 Å². The molecule has 2 aromatic carbocycles.